The zero-order chi connectivity index (χ0) is 27.4. The van der Waals surface area contributed by atoms with Crippen molar-refractivity contribution < 1.29 is 24.0 Å². The number of allylic oxidation sites excluding steroid dienone is 3. The minimum absolute atomic E-state index is 0.00284. The molecule has 0 unspecified atom stereocenters. The fourth-order valence-electron chi connectivity index (χ4n) is 6.18. The van der Waals surface area contributed by atoms with E-state index < -0.39 is 28.6 Å². The number of anilines is 1. The smallest absolute Gasteiger partial charge is 0.294 e. The number of methoxy groups -OCH3 is 2. The molecule has 6 rings (SSSR count). The van der Waals surface area contributed by atoms with E-state index in [9.17, 15) is 19.7 Å². The van der Waals surface area contributed by atoms with E-state index in [2.05, 4.69) is 15.9 Å². The second-order valence-electron chi connectivity index (χ2n) is 9.68. The Morgan fingerprint density at radius 1 is 0.821 bits per heavy atom. The first kappa shape index (κ1) is 25.1. The summed E-state index contributed by atoms with van der Waals surface area (Å²) in [4.78, 5) is 39.9. The lowest BCUT2D eigenvalue weighted by Gasteiger charge is -2.22. The highest BCUT2D eigenvalue weighted by Gasteiger charge is 2.63. The van der Waals surface area contributed by atoms with Crippen LogP contribution in [-0.4, -0.2) is 31.0 Å². The Bertz CT molecular complexity index is 1490. The summed E-state index contributed by atoms with van der Waals surface area (Å²) in [5.41, 5.74) is 3.55. The van der Waals surface area contributed by atoms with E-state index in [4.69, 9.17) is 9.47 Å². The van der Waals surface area contributed by atoms with E-state index in [1.165, 1.54) is 12.1 Å². The standard InChI is InChI=1S/C30H23BrN2O6/c1-38-19-8-3-16(4-9-19)25(17-5-10-20(39-2)11-6-17)26-21-12-13-22(26)28-27(21)29(34)32(30(28)35)23-14-7-18(31)15-24(23)33(36)37/h3-15,21-22,27-28H,1-2H3/t21-,22-,27+,28+/m1/s1. The van der Waals surface area contributed by atoms with Crippen LogP contribution in [0, 0.1) is 33.8 Å². The topological polar surface area (TPSA) is 99.0 Å². The third-order valence-electron chi connectivity index (χ3n) is 7.84. The Kier molecular flexibility index (Phi) is 6.10. The summed E-state index contributed by atoms with van der Waals surface area (Å²) in [5.74, 6) is -1.25. The average molecular weight is 587 g/mol. The van der Waals surface area contributed by atoms with Crippen LogP contribution in [0.1, 0.15) is 11.1 Å². The van der Waals surface area contributed by atoms with Crippen LogP contribution in [0.25, 0.3) is 5.57 Å². The van der Waals surface area contributed by atoms with E-state index in [0.717, 1.165) is 38.7 Å². The molecule has 2 fully saturated rings. The van der Waals surface area contributed by atoms with E-state index in [0.29, 0.717) is 4.47 Å². The molecule has 3 aromatic carbocycles. The molecule has 0 spiro atoms. The number of nitro benzene ring substituents is 1. The quantitative estimate of drug-likeness (QED) is 0.157. The van der Waals surface area contributed by atoms with Gasteiger partial charge in [-0.25, -0.2) is 4.90 Å². The monoisotopic (exact) mass is 586 g/mol. The van der Waals surface area contributed by atoms with Gasteiger partial charge in [-0.1, -0.05) is 52.3 Å². The van der Waals surface area contributed by atoms with Gasteiger partial charge >= 0.3 is 0 Å². The first-order valence-corrected chi connectivity index (χ1v) is 13.2. The third kappa shape index (κ3) is 3.87. The van der Waals surface area contributed by atoms with Crippen molar-refractivity contribution in [3.63, 3.8) is 0 Å². The van der Waals surface area contributed by atoms with Gasteiger partial charge in [-0.05, 0) is 58.7 Å². The Hall–Kier alpha value is -4.24. The second kappa shape index (κ2) is 9.50. The largest absolute Gasteiger partial charge is 0.497 e. The summed E-state index contributed by atoms with van der Waals surface area (Å²) in [5, 5.41) is 11.8. The van der Waals surface area contributed by atoms with Crippen molar-refractivity contribution in [2.75, 3.05) is 19.1 Å². The number of amides is 2. The lowest BCUT2D eigenvalue weighted by atomic mass is 9.85. The van der Waals surface area contributed by atoms with Crippen LogP contribution in [0.2, 0.25) is 0 Å². The van der Waals surface area contributed by atoms with Gasteiger partial charge in [0.1, 0.15) is 17.2 Å². The van der Waals surface area contributed by atoms with Crippen LogP contribution < -0.4 is 14.4 Å². The molecule has 196 valence electrons. The maximum atomic E-state index is 13.8. The molecular weight excluding hydrogens is 564 g/mol. The van der Waals surface area contributed by atoms with Gasteiger partial charge in [0.05, 0.1) is 31.0 Å². The van der Waals surface area contributed by atoms with Gasteiger partial charge in [-0.3, -0.25) is 19.7 Å². The number of hydrogen-bond donors (Lipinski definition) is 0. The summed E-state index contributed by atoms with van der Waals surface area (Å²) in [6.07, 6.45) is 4.00. The van der Waals surface area contributed by atoms with Gasteiger partial charge in [-0.2, -0.15) is 0 Å². The number of carbonyl (C=O) groups is 2. The lowest BCUT2D eigenvalue weighted by molar-refractivity contribution is -0.384. The molecule has 8 nitrogen and oxygen atoms in total. The van der Waals surface area contributed by atoms with Crippen molar-refractivity contribution in [3.8, 4) is 11.5 Å². The molecule has 1 saturated heterocycles. The van der Waals surface area contributed by atoms with Crippen molar-refractivity contribution >= 4 is 44.7 Å². The fraction of sp³-hybridized carbons (Fsp3) is 0.200. The van der Waals surface area contributed by atoms with Crippen molar-refractivity contribution in [2.24, 2.45) is 23.7 Å². The first-order valence-electron chi connectivity index (χ1n) is 12.4. The number of carbonyl (C=O) groups excluding carboxylic acids is 2. The zero-order valence-electron chi connectivity index (χ0n) is 21.0. The minimum atomic E-state index is -0.628. The summed E-state index contributed by atoms with van der Waals surface area (Å²) < 4.78 is 11.2. The molecule has 9 heteroatoms. The lowest BCUT2D eigenvalue weighted by Crippen LogP contribution is -2.33. The second-order valence-corrected chi connectivity index (χ2v) is 10.6. The molecule has 1 saturated carbocycles. The van der Waals surface area contributed by atoms with Crippen LogP contribution in [0.5, 0.6) is 11.5 Å². The predicted octanol–water partition coefficient (Wildman–Crippen LogP) is 5.80. The van der Waals surface area contributed by atoms with Crippen LogP contribution in [0.3, 0.4) is 0 Å². The molecule has 0 radical (unpaired) electrons. The fourth-order valence-corrected chi connectivity index (χ4v) is 6.53. The highest BCUT2D eigenvalue weighted by atomic mass is 79.9. The predicted molar refractivity (Wildman–Crippen MR) is 148 cm³/mol. The minimum Gasteiger partial charge on any atom is -0.497 e. The van der Waals surface area contributed by atoms with Crippen LogP contribution >= 0.6 is 15.9 Å². The summed E-state index contributed by atoms with van der Waals surface area (Å²) in [7, 11) is 3.22. The Morgan fingerprint density at radius 2 is 1.31 bits per heavy atom. The molecule has 2 bridgehead atoms. The molecule has 0 N–H and O–H groups in total. The normalized spacial score (nSPS) is 22.8. The maximum absolute atomic E-state index is 13.8. The molecular formula is C30H23BrN2O6. The Balaban J connectivity index is 1.47. The zero-order valence-corrected chi connectivity index (χ0v) is 22.6. The number of ether oxygens (including phenoxy) is 2. The highest BCUT2D eigenvalue weighted by molar-refractivity contribution is 9.10. The molecule has 1 aliphatic heterocycles. The number of hydrogen-bond acceptors (Lipinski definition) is 6. The molecule has 39 heavy (non-hydrogen) atoms. The number of benzene rings is 3. The number of rotatable bonds is 6. The number of imide groups is 1. The van der Waals surface area contributed by atoms with E-state index in [-0.39, 0.29) is 23.2 Å². The third-order valence-corrected chi connectivity index (χ3v) is 8.33. The van der Waals surface area contributed by atoms with E-state index >= 15 is 0 Å². The summed E-state index contributed by atoms with van der Waals surface area (Å²) >= 11 is 3.24. The van der Waals surface area contributed by atoms with Gasteiger partial charge < -0.3 is 9.47 Å². The Labute approximate surface area is 232 Å². The highest BCUT2D eigenvalue weighted by Crippen LogP contribution is 2.59. The number of halogens is 1. The molecule has 3 aromatic rings. The van der Waals surface area contributed by atoms with E-state index in [1.54, 1.807) is 20.3 Å². The molecule has 2 aliphatic carbocycles. The SMILES string of the molecule is COc1ccc(C(=C2[C@H]3C=C[C@H]2[C@@H]2C(=O)N(c4ccc(Br)cc4[N+](=O)[O-])C(=O)[C@H]23)c2ccc(OC)cc2)cc1. The number of fused-ring (bicyclic) bond motifs is 5. The molecule has 2 amide bonds. The summed E-state index contributed by atoms with van der Waals surface area (Å²) in [6.45, 7) is 0. The van der Waals surface area contributed by atoms with Crippen molar-refractivity contribution in [1.82, 2.24) is 0 Å². The molecule has 0 aromatic heterocycles. The number of nitrogens with zero attached hydrogens (tertiary/aromatic N) is 2. The van der Waals surface area contributed by atoms with Crippen molar-refractivity contribution in [3.05, 3.63) is 110 Å². The van der Waals surface area contributed by atoms with Crippen LogP contribution in [-0.2, 0) is 9.59 Å². The van der Waals surface area contributed by atoms with Crippen LogP contribution in [0.4, 0.5) is 11.4 Å². The van der Waals surface area contributed by atoms with Gasteiger partial charge in [0, 0.05) is 22.4 Å². The van der Waals surface area contributed by atoms with Crippen molar-refractivity contribution in [2.45, 2.75) is 0 Å². The maximum Gasteiger partial charge on any atom is 0.294 e. The average Bonchev–Trinajstić information content (AvgIpc) is 3.58. The van der Waals surface area contributed by atoms with E-state index in [1.807, 2.05) is 60.7 Å². The molecule has 1 heterocycles. The van der Waals surface area contributed by atoms with Crippen molar-refractivity contribution in [1.29, 1.82) is 0 Å². The van der Waals surface area contributed by atoms with Crippen LogP contribution in [0.15, 0.2) is 88.9 Å². The molecule has 4 atom stereocenters. The molecule has 3 aliphatic rings. The summed E-state index contributed by atoms with van der Waals surface area (Å²) in [6, 6.07) is 19.8. The van der Waals surface area contributed by atoms with Gasteiger partial charge in [-0.15, -0.1) is 0 Å². The Morgan fingerprint density at radius 3 is 1.74 bits per heavy atom. The van der Waals surface area contributed by atoms with Gasteiger partial charge in [0.15, 0.2) is 0 Å². The number of nitro groups is 1. The van der Waals surface area contributed by atoms with Gasteiger partial charge in [0.25, 0.3) is 5.69 Å². The van der Waals surface area contributed by atoms with Gasteiger partial charge in [0.2, 0.25) is 11.8 Å². The first-order chi connectivity index (χ1) is 18.8.